The topological polar surface area (TPSA) is 58.2 Å². The molecule has 2 heterocycles. The molecule has 0 aliphatic rings. The van der Waals surface area contributed by atoms with Crippen molar-refractivity contribution in [1.29, 1.82) is 0 Å². The van der Waals surface area contributed by atoms with Gasteiger partial charge in [-0.05, 0) is 66.9 Å². The van der Waals surface area contributed by atoms with Crippen LogP contribution in [0.4, 0.5) is 10.8 Å². The number of aromatic nitrogens is 2. The number of thiazole rings is 1. The van der Waals surface area contributed by atoms with Gasteiger partial charge in [0.15, 0.2) is 5.13 Å². The van der Waals surface area contributed by atoms with E-state index < -0.39 is 0 Å². The molecule has 1 N–H and O–H groups in total. The fourth-order valence-electron chi connectivity index (χ4n) is 4.19. The van der Waals surface area contributed by atoms with E-state index in [1.54, 1.807) is 12.0 Å². The first kappa shape index (κ1) is 21.9. The number of hydrogen-bond donors (Lipinski definition) is 1. The van der Waals surface area contributed by atoms with Crippen molar-refractivity contribution in [3.8, 4) is 17.0 Å². The van der Waals surface area contributed by atoms with Gasteiger partial charge in [-0.3, -0.25) is 9.69 Å². The molecule has 5 aromatic rings. The van der Waals surface area contributed by atoms with Crippen LogP contribution in [0.5, 0.6) is 5.75 Å². The molecule has 0 fully saturated rings. The number of ether oxygens (including phenoxy) is 1. The van der Waals surface area contributed by atoms with Crippen LogP contribution >= 0.6 is 11.3 Å². The first-order valence-corrected chi connectivity index (χ1v) is 12.1. The van der Waals surface area contributed by atoms with Gasteiger partial charge < -0.3 is 9.72 Å². The van der Waals surface area contributed by atoms with Gasteiger partial charge in [0, 0.05) is 28.4 Å². The summed E-state index contributed by atoms with van der Waals surface area (Å²) in [5, 5.41) is 3.81. The Morgan fingerprint density at radius 3 is 2.44 bits per heavy atom. The van der Waals surface area contributed by atoms with Crippen molar-refractivity contribution in [3.05, 3.63) is 95.5 Å². The zero-order chi connectivity index (χ0) is 23.5. The van der Waals surface area contributed by atoms with E-state index >= 15 is 0 Å². The largest absolute Gasteiger partial charge is 0.497 e. The highest BCUT2D eigenvalue weighted by atomic mass is 32.1. The highest BCUT2D eigenvalue weighted by Crippen LogP contribution is 2.34. The Bertz CT molecular complexity index is 1420. The van der Waals surface area contributed by atoms with Gasteiger partial charge in [-0.1, -0.05) is 36.4 Å². The number of carbonyl (C=O) groups is 1. The molecule has 1 amide bonds. The summed E-state index contributed by atoms with van der Waals surface area (Å²) in [5.74, 6) is 0.834. The van der Waals surface area contributed by atoms with Gasteiger partial charge in [0.1, 0.15) is 5.75 Å². The van der Waals surface area contributed by atoms with Crippen molar-refractivity contribution in [2.75, 3.05) is 12.0 Å². The number of methoxy groups -OCH3 is 1. The predicted molar refractivity (Wildman–Crippen MR) is 139 cm³/mol. The van der Waals surface area contributed by atoms with Crippen LogP contribution in [0.1, 0.15) is 17.7 Å². The molecule has 0 saturated heterocycles. The first-order chi connectivity index (χ1) is 16.6. The van der Waals surface area contributed by atoms with Crippen LogP contribution in [0.15, 0.2) is 84.2 Å². The number of nitrogens with zero attached hydrogens (tertiary/aromatic N) is 2. The molecule has 6 heteroatoms. The maximum Gasteiger partial charge on any atom is 0.233 e. The van der Waals surface area contributed by atoms with Crippen molar-refractivity contribution >= 4 is 39.0 Å². The number of rotatable bonds is 7. The lowest BCUT2D eigenvalue weighted by Gasteiger charge is -2.20. The van der Waals surface area contributed by atoms with Gasteiger partial charge in [-0.2, -0.15) is 0 Å². The van der Waals surface area contributed by atoms with Crippen LogP contribution in [0.25, 0.3) is 22.2 Å². The van der Waals surface area contributed by atoms with Crippen LogP contribution in [-0.4, -0.2) is 23.0 Å². The minimum Gasteiger partial charge on any atom is -0.497 e. The van der Waals surface area contributed by atoms with E-state index in [-0.39, 0.29) is 5.91 Å². The molecule has 170 valence electrons. The van der Waals surface area contributed by atoms with E-state index in [1.165, 1.54) is 11.3 Å². The van der Waals surface area contributed by atoms with E-state index in [0.29, 0.717) is 18.0 Å². The summed E-state index contributed by atoms with van der Waals surface area (Å²) in [4.78, 5) is 23.5. The molecule has 0 atom stereocenters. The predicted octanol–water partition coefficient (Wildman–Crippen LogP) is 6.91. The Morgan fingerprint density at radius 2 is 1.74 bits per heavy atom. The van der Waals surface area contributed by atoms with E-state index in [9.17, 15) is 4.79 Å². The SMILES string of the molecule is COc1ccc(-c2[nH]c3ccccc3c2CCC(=O)N(c2ccccc2)c2nc(C)cs2)cc1. The van der Waals surface area contributed by atoms with Gasteiger partial charge in [-0.15, -0.1) is 11.3 Å². The van der Waals surface area contributed by atoms with E-state index in [0.717, 1.165) is 44.9 Å². The number of H-pyrrole nitrogens is 1. The van der Waals surface area contributed by atoms with Crippen LogP contribution in [-0.2, 0) is 11.2 Å². The number of carbonyl (C=O) groups excluding carboxylic acids is 1. The third kappa shape index (κ3) is 4.32. The van der Waals surface area contributed by atoms with Crippen molar-refractivity contribution < 1.29 is 9.53 Å². The lowest BCUT2D eigenvalue weighted by atomic mass is 10.0. The molecule has 0 saturated carbocycles. The second-order valence-electron chi connectivity index (χ2n) is 8.09. The highest BCUT2D eigenvalue weighted by Gasteiger charge is 2.22. The summed E-state index contributed by atoms with van der Waals surface area (Å²) < 4.78 is 5.32. The zero-order valence-electron chi connectivity index (χ0n) is 19.1. The average molecular weight is 468 g/mol. The van der Waals surface area contributed by atoms with Crippen LogP contribution in [0, 0.1) is 6.92 Å². The fourth-order valence-corrected chi connectivity index (χ4v) is 5.03. The molecular formula is C28H25N3O2S. The molecular weight excluding hydrogens is 442 g/mol. The zero-order valence-corrected chi connectivity index (χ0v) is 19.9. The number of hydrogen-bond acceptors (Lipinski definition) is 4. The Hall–Kier alpha value is -3.90. The van der Waals surface area contributed by atoms with Crippen molar-refractivity contribution in [3.63, 3.8) is 0 Å². The highest BCUT2D eigenvalue weighted by molar-refractivity contribution is 7.14. The maximum atomic E-state index is 13.6. The number of aromatic amines is 1. The molecule has 3 aromatic carbocycles. The average Bonchev–Trinajstić information content (AvgIpc) is 3.47. The van der Waals surface area contributed by atoms with Gasteiger partial charge in [0.25, 0.3) is 0 Å². The molecule has 5 rings (SSSR count). The van der Waals surface area contributed by atoms with Gasteiger partial charge >= 0.3 is 0 Å². The lowest BCUT2D eigenvalue weighted by molar-refractivity contribution is -0.117. The van der Waals surface area contributed by atoms with Crippen molar-refractivity contribution in [2.45, 2.75) is 19.8 Å². The molecule has 0 aliphatic heterocycles. The summed E-state index contributed by atoms with van der Waals surface area (Å²) in [6.07, 6.45) is 0.969. The number of aryl methyl sites for hydroxylation is 2. The van der Waals surface area contributed by atoms with Gasteiger partial charge in [0.05, 0.1) is 18.5 Å². The molecule has 34 heavy (non-hydrogen) atoms. The number of fused-ring (bicyclic) bond motifs is 1. The Balaban J connectivity index is 1.48. The third-order valence-corrected chi connectivity index (χ3v) is 6.79. The summed E-state index contributed by atoms with van der Waals surface area (Å²) >= 11 is 1.49. The van der Waals surface area contributed by atoms with E-state index in [4.69, 9.17) is 4.74 Å². The molecule has 0 radical (unpaired) electrons. The first-order valence-electron chi connectivity index (χ1n) is 11.2. The lowest BCUT2D eigenvalue weighted by Crippen LogP contribution is -2.26. The summed E-state index contributed by atoms with van der Waals surface area (Å²) in [6.45, 7) is 1.95. The minimum absolute atomic E-state index is 0.0199. The second-order valence-corrected chi connectivity index (χ2v) is 8.93. The third-order valence-electron chi connectivity index (χ3n) is 5.84. The summed E-state index contributed by atoms with van der Waals surface area (Å²) in [5.41, 5.74) is 6.04. The number of benzene rings is 3. The van der Waals surface area contributed by atoms with Crippen molar-refractivity contribution in [1.82, 2.24) is 9.97 Å². The Morgan fingerprint density at radius 1 is 1.00 bits per heavy atom. The van der Waals surface area contributed by atoms with E-state index in [1.807, 2.05) is 79.0 Å². The monoisotopic (exact) mass is 467 g/mol. The van der Waals surface area contributed by atoms with E-state index in [2.05, 4.69) is 22.1 Å². The van der Waals surface area contributed by atoms with Crippen LogP contribution in [0.3, 0.4) is 0 Å². The molecule has 0 spiro atoms. The molecule has 0 bridgehead atoms. The quantitative estimate of drug-likeness (QED) is 0.283. The summed E-state index contributed by atoms with van der Waals surface area (Å²) in [7, 11) is 1.66. The second kappa shape index (κ2) is 9.53. The Kier molecular flexibility index (Phi) is 6.14. The maximum absolute atomic E-state index is 13.6. The standard InChI is InChI=1S/C28H25N3O2S/c1-19-18-34-28(29-19)31(21-8-4-3-5-9-21)26(32)17-16-24-23-10-6-7-11-25(23)30-27(24)20-12-14-22(33-2)15-13-20/h3-15,18,30H,16-17H2,1-2H3. The smallest absolute Gasteiger partial charge is 0.233 e. The molecule has 2 aromatic heterocycles. The molecule has 5 nitrogen and oxygen atoms in total. The normalized spacial score (nSPS) is 11.0. The minimum atomic E-state index is 0.0199. The van der Waals surface area contributed by atoms with Crippen molar-refractivity contribution in [2.24, 2.45) is 0 Å². The number of anilines is 2. The Labute approximate surface area is 202 Å². The van der Waals surface area contributed by atoms with Gasteiger partial charge in [0.2, 0.25) is 5.91 Å². The van der Waals surface area contributed by atoms with Crippen LogP contribution in [0.2, 0.25) is 0 Å². The molecule has 0 unspecified atom stereocenters. The number of para-hydroxylation sites is 2. The number of amides is 1. The van der Waals surface area contributed by atoms with Crippen LogP contribution < -0.4 is 9.64 Å². The summed E-state index contributed by atoms with van der Waals surface area (Å²) in [6, 6.07) is 26.0. The number of nitrogens with one attached hydrogen (secondary N) is 1. The van der Waals surface area contributed by atoms with Gasteiger partial charge in [-0.25, -0.2) is 4.98 Å². The molecule has 0 aliphatic carbocycles. The fraction of sp³-hybridized carbons (Fsp3) is 0.143.